The summed E-state index contributed by atoms with van der Waals surface area (Å²) in [5.41, 5.74) is 3.24. The van der Waals surface area contributed by atoms with Gasteiger partial charge in [-0.3, -0.25) is 0 Å². The predicted octanol–water partition coefficient (Wildman–Crippen LogP) is 4.44. The summed E-state index contributed by atoms with van der Waals surface area (Å²) in [4.78, 5) is 0. The summed E-state index contributed by atoms with van der Waals surface area (Å²) in [6, 6.07) is 12.0. The molecule has 94 valence electrons. The van der Waals surface area contributed by atoms with Crippen LogP contribution in [0.1, 0.15) is 5.56 Å². The number of aryl methyl sites for hydroxylation is 1. The molecular weight excluding hydrogens is 292 g/mol. The van der Waals surface area contributed by atoms with Gasteiger partial charge < -0.3 is 9.47 Å². The fraction of sp³-hybridized carbons (Fsp3) is 0.200. The molecule has 0 spiro atoms. The molecule has 0 aromatic heterocycles. The highest BCUT2D eigenvalue weighted by atomic mass is 79.9. The second kappa shape index (κ2) is 5.44. The molecule has 0 fully saturated rings. The number of ether oxygens (including phenoxy) is 2. The first-order chi connectivity index (χ1) is 8.67. The Hall–Kier alpha value is -1.48. The Kier molecular flexibility index (Phi) is 3.92. The Labute approximate surface area is 116 Å². The zero-order valence-electron chi connectivity index (χ0n) is 10.7. The van der Waals surface area contributed by atoms with Crippen molar-refractivity contribution in [3.05, 3.63) is 46.4 Å². The molecule has 3 heteroatoms. The molecule has 2 aromatic carbocycles. The van der Waals surface area contributed by atoms with E-state index in [9.17, 15) is 0 Å². The zero-order valence-corrected chi connectivity index (χ0v) is 12.2. The third kappa shape index (κ3) is 2.36. The van der Waals surface area contributed by atoms with E-state index in [1.54, 1.807) is 14.2 Å². The monoisotopic (exact) mass is 306 g/mol. The van der Waals surface area contributed by atoms with Crippen molar-refractivity contribution in [2.24, 2.45) is 0 Å². The van der Waals surface area contributed by atoms with Gasteiger partial charge in [0.15, 0.2) is 0 Å². The highest BCUT2D eigenvalue weighted by Crippen LogP contribution is 2.41. The van der Waals surface area contributed by atoms with Crippen molar-refractivity contribution in [1.29, 1.82) is 0 Å². The van der Waals surface area contributed by atoms with E-state index in [2.05, 4.69) is 35.0 Å². The van der Waals surface area contributed by atoms with Gasteiger partial charge in [0, 0.05) is 10.0 Å². The zero-order chi connectivity index (χ0) is 13.1. The lowest BCUT2D eigenvalue weighted by Crippen LogP contribution is -1.93. The lowest BCUT2D eigenvalue weighted by atomic mass is 10.0. The number of methoxy groups -OCH3 is 2. The van der Waals surface area contributed by atoms with Crippen LogP contribution in [-0.2, 0) is 0 Å². The lowest BCUT2D eigenvalue weighted by molar-refractivity contribution is 0.397. The van der Waals surface area contributed by atoms with Crippen LogP contribution in [0.3, 0.4) is 0 Å². The second-order valence-electron chi connectivity index (χ2n) is 4.02. The minimum Gasteiger partial charge on any atom is -0.496 e. The number of rotatable bonds is 3. The van der Waals surface area contributed by atoms with Crippen molar-refractivity contribution in [2.45, 2.75) is 6.92 Å². The van der Waals surface area contributed by atoms with Gasteiger partial charge >= 0.3 is 0 Å². The largest absolute Gasteiger partial charge is 0.496 e. The van der Waals surface area contributed by atoms with Crippen molar-refractivity contribution in [2.75, 3.05) is 14.2 Å². The fourth-order valence-corrected chi connectivity index (χ4v) is 2.39. The molecule has 2 nitrogen and oxygen atoms in total. The maximum absolute atomic E-state index is 5.44. The Balaban J connectivity index is 2.72. The van der Waals surface area contributed by atoms with Crippen LogP contribution in [-0.4, -0.2) is 14.2 Å². The summed E-state index contributed by atoms with van der Waals surface area (Å²) in [5, 5.41) is 0. The van der Waals surface area contributed by atoms with Crippen molar-refractivity contribution in [1.82, 2.24) is 0 Å². The number of benzene rings is 2. The van der Waals surface area contributed by atoms with Crippen molar-refractivity contribution in [3.8, 4) is 22.6 Å². The summed E-state index contributed by atoms with van der Waals surface area (Å²) in [6.45, 7) is 2.07. The molecule has 0 bridgehead atoms. The first-order valence-corrected chi connectivity index (χ1v) is 6.44. The van der Waals surface area contributed by atoms with E-state index in [1.807, 2.05) is 24.3 Å². The van der Waals surface area contributed by atoms with Gasteiger partial charge in [-0.25, -0.2) is 0 Å². The van der Waals surface area contributed by atoms with Crippen molar-refractivity contribution in [3.63, 3.8) is 0 Å². The number of hydrogen-bond donors (Lipinski definition) is 0. The highest BCUT2D eigenvalue weighted by Gasteiger charge is 2.14. The van der Waals surface area contributed by atoms with Gasteiger partial charge in [-0.1, -0.05) is 39.7 Å². The summed E-state index contributed by atoms with van der Waals surface area (Å²) in [6.07, 6.45) is 0. The lowest BCUT2D eigenvalue weighted by Gasteiger charge is -2.14. The summed E-state index contributed by atoms with van der Waals surface area (Å²) in [7, 11) is 3.34. The minimum atomic E-state index is 0.806. The summed E-state index contributed by atoms with van der Waals surface area (Å²) >= 11 is 3.58. The van der Waals surface area contributed by atoms with Crippen LogP contribution in [0.25, 0.3) is 11.1 Å². The number of hydrogen-bond acceptors (Lipinski definition) is 2. The topological polar surface area (TPSA) is 18.5 Å². The Morgan fingerprint density at radius 1 is 0.944 bits per heavy atom. The van der Waals surface area contributed by atoms with E-state index in [0.29, 0.717) is 0 Å². The van der Waals surface area contributed by atoms with Gasteiger partial charge in [0.2, 0.25) is 0 Å². The van der Waals surface area contributed by atoms with E-state index in [4.69, 9.17) is 9.47 Å². The Morgan fingerprint density at radius 2 is 1.56 bits per heavy atom. The van der Waals surface area contributed by atoms with E-state index in [1.165, 1.54) is 5.56 Å². The van der Waals surface area contributed by atoms with Crippen LogP contribution in [0.4, 0.5) is 0 Å². The third-order valence-corrected chi connectivity index (χ3v) is 3.51. The van der Waals surface area contributed by atoms with Gasteiger partial charge in [-0.15, -0.1) is 0 Å². The molecular formula is C15H15BrO2. The molecule has 0 aliphatic heterocycles. The molecule has 0 N–H and O–H groups in total. The number of halogens is 1. The van der Waals surface area contributed by atoms with E-state index < -0.39 is 0 Å². The van der Waals surface area contributed by atoms with E-state index in [0.717, 1.165) is 27.1 Å². The molecule has 2 aromatic rings. The fourth-order valence-electron chi connectivity index (χ4n) is 1.95. The van der Waals surface area contributed by atoms with Crippen LogP contribution < -0.4 is 9.47 Å². The third-order valence-electron chi connectivity index (χ3n) is 2.82. The van der Waals surface area contributed by atoms with Crippen molar-refractivity contribution < 1.29 is 9.47 Å². The van der Waals surface area contributed by atoms with Crippen LogP contribution in [0.2, 0.25) is 0 Å². The van der Waals surface area contributed by atoms with Crippen LogP contribution >= 0.6 is 15.9 Å². The molecule has 0 aliphatic rings. The maximum Gasteiger partial charge on any atom is 0.130 e. The molecule has 0 amide bonds. The van der Waals surface area contributed by atoms with Gasteiger partial charge in [0.25, 0.3) is 0 Å². The molecule has 2 rings (SSSR count). The predicted molar refractivity (Wildman–Crippen MR) is 77.4 cm³/mol. The van der Waals surface area contributed by atoms with Crippen molar-refractivity contribution >= 4 is 15.9 Å². The first-order valence-electron chi connectivity index (χ1n) is 5.65. The normalized spacial score (nSPS) is 10.2. The molecule has 0 saturated heterocycles. The standard InChI is InChI=1S/C15H15BrO2/c1-10-7-8-12(16)11(9-10)15-13(17-2)5-4-6-14(15)18-3/h4-9H,1-3H3. The van der Waals surface area contributed by atoms with Crippen LogP contribution in [0, 0.1) is 6.92 Å². The molecule has 0 unspecified atom stereocenters. The average molecular weight is 307 g/mol. The average Bonchev–Trinajstić information content (AvgIpc) is 2.40. The van der Waals surface area contributed by atoms with Crippen LogP contribution in [0.15, 0.2) is 40.9 Å². The van der Waals surface area contributed by atoms with E-state index in [-0.39, 0.29) is 0 Å². The first kappa shape index (κ1) is 13.0. The quantitative estimate of drug-likeness (QED) is 0.834. The van der Waals surface area contributed by atoms with Gasteiger partial charge in [-0.2, -0.15) is 0 Å². The summed E-state index contributed by atoms with van der Waals surface area (Å²) in [5.74, 6) is 1.61. The molecule has 0 heterocycles. The van der Waals surface area contributed by atoms with Gasteiger partial charge in [-0.05, 0) is 25.1 Å². The van der Waals surface area contributed by atoms with E-state index >= 15 is 0 Å². The van der Waals surface area contributed by atoms with Gasteiger partial charge in [0.05, 0.1) is 19.8 Å². The Bertz CT molecular complexity index is 542. The molecule has 18 heavy (non-hydrogen) atoms. The van der Waals surface area contributed by atoms with Gasteiger partial charge in [0.1, 0.15) is 11.5 Å². The molecule has 0 aliphatic carbocycles. The SMILES string of the molecule is COc1cccc(OC)c1-c1cc(C)ccc1Br. The Morgan fingerprint density at radius 3 is 2.11 bits per heavy atom. The smallest absolute Gasteiger partial charge is 0.130 e. The molecule has 0 saturated carbocycles. The molecule has 0 atom stereocenters. The minimum absolute atomic E-state index is 0.806. The maximum atomic E-state index is 5.44. The summed E-state index contributed by atoms with van der Waals surface area (Å²) < 4.78 is 11.9. The molecule has 0 radical (unpaired) electrons. The highest BCUT2D eigenvalue weighted by molar-refractivity contribution is 9.10. The second-order valence-corrected chi connectivity index (χ2v) is 4.88. The van der Waals surface area contributed by atoms with Crippen LogP contribution in [0.5, 0.6) is 11.5 Å².